The molecule has 0 amide bonds. The summed E-state index contributed by atoms with van der Waals surface area (Å²) in [4.78, 5) is 11.8. The molecule has 0 saturated heterocycles. The Kier molecular flexibility index (Phi) is 7.48. The van der Waals surface area contributed by atoms with Crippen molar-refractivity contribution in [1.29, 1.82) is 0 Å². The van der Waals surface area contributed by atoms with Gasteiger partial charge in [-0.2, -0.15) is 0 Å². The lowest BCUT2D eigenvalue weighted by atomic mass is 10.1. The summed E-state index contributed by atoms with van der Waals surface area (Å²) in [5, 5.41) is 0. The van der Waals surface area contributed by atoms with Crippen molar-refractivity contribution in [3.8, 4) is 11.5 Å². The van der Waals surface area contributed by atoms with Gasteiger partial charge in [-0.1, -0.05) is 30.3 Å². The van der Waals surface area contributed by atoms with Crippen LogP contribution in [0.15, 0.2) is 48.5 Å². The van der Waals surface area contributed by atoms with Gasteiger partial charge in [-0.15, -0.1) is 0 Å². The largest absolute Gasteiger partial charge is 0.496 e. The molecule has 0 aliphatic rings. The molecular weight excluding hydrogens is 332 g/mol. The maximum Gasteiger partial charge on any atom is 0.334 e. The molecule has 140 valence electrons. The number of esters is 1. The van der Waals surface area contributed by atoms with Crippen LogP contribution < -0.4 is 9.47 Å². The van der Waals surface area contributed by atoms with E-state index in [-0.39, 0.29) is 12.1 Å². The summed E-state index contributed by atoms with van der Waals surface area (Å²) in [5.74, 6) is 1.01. The maximum atomic E-state index is 11.8. The summed E-state index contributed by atoms with van der Waals surface area (Å²) in [6.07, 6.45) is -1.02. The van der Waals surface area contributed by atoms with E-state index in [1.54, 1.807) is 21.0 Å². The first-order valence-corrected chi connectivity index (χ1v) is 8.71. The highest BCUT2D eigenvalue weighted by molar-refractivity contribution is 5.74. The SMILES string of the molecule is CCOC(=O)[C@H](C)O[C@@H](C)c1cc(OCc2ccccc2)ccc1OC. The summed E-state index contributed by atoms with van der Waals surface area (Å²) < 4.78 is 22.1. The van der Waals surface area contributed by atoms with E-state index in [1.807, 2.05) is 55.5 Å². The zero-order valence-corrected chi connectivity index (χ0v) is 15.7. The van der Waals surface area contributed by atoms with Gasteiger partial charge >= 0.3 is 5.97 Å². The van der Waals surface area contributed by atoms with E-state index in [2.05, 4.69) is 0 Å². The van der Waals surface area contributed by atoms with Crippen LogP contribution in [-0.4, -0.2) is 25.8 Å². The second kappa shape index (κ2) is 9.82. The molecule has 0 unspecified atom stereocenters. The topological polar surface area (TPSA) is 54.0 Å². The van der Waals surface area contributed by atoms with Crippen LogP contribution in [0.25, 0.3) is 0 Å². The van der Waals surface area contributed by atoms with Crippen molar-refractivity contribution in [1.82, 2.24) is 0 Å². The lowest BCUT2D eigenvalue weighted by Crippen LogP contribution is -2.24. The Bertz CT molecular complexity index is 699. The van der Waals surface area contributed by atoms with Crippen molar-refractivity contribution in [2.75, 3.05) is 13.7 Å². The van der Waals surface area contributed by atoms with Crippen LogP contribution in [0.3, 0.4) is 0 Å². The summed E-state index contributed by atoms with van der Waals surface area (Å²) in [6.45, 7) is 6.12. The number of methoxy groups -OCH3 is 1. The van der Waals surface area contributed by atoms with E-state index >= 15 is 0 Å². The van der Waals surface area contributed by atoms with E-state index in [4.69, 9.17) is 18.9 Å². The van der Waals surface area contributed by atoms with E-state index in [9.17, 15) is 4.79 Å². The molecule has 2 atom stereocenters. The monoisotopic (exact) mass is 358 g/mol. The number of benzene rings is 2. The number of hydrogen-bond acceptors (Lipinski definition) is 5. The fourth-order valence-corrected chi connectivity index (χ4v) is 2.56. The summed E-state index contributed by atoms with van der Waals surface area (Å²) in [7, 11) is 1.60. The molecule has 0 aliphatic heterocycles. The molecule has 5 nitrogen and oxygen atoms in total. The summed E-state index contributed by atoms with van der Waals surface area (Å²) >= 11 is 0. The third-order valence-corrected chi connectivity index (χ3v) is 3.91. The Morgan fingerprint density at radius 1 is 1.08 bits per heavy atom. The van der Waals surface area contributed by atoms with Gasteiger partial charge in [-0.05, 0) is 44.5 Å². The Hall–Kier alpha value is -2.53. The normalized spacial score (nSPS) is 12.9. The molecular formula is C21H26O5. The van der Waals surface area contributed by atoms with E-state index in [0.29, 0.717) is 24.7 Å². The lowest BCUT2D eigenvalue weighted by Gasteiger charge is -2.21. The van der Waals surface area contributed by atoms with Crippen molar-refractivity contribution in [3.63, 3.8) is 0 Å². The predicted octanol–water partition coefficient (Wildman–Crippen LogP) is 4.30. The average molecular weight is 358 g/mol. The number of carbonyl (C=O) groups is 1. The minimum Gasteiger partial charge on any atom is -0.496 e. The van der Waals surface area contributed by atoms with Gasteiger partial charge in [0, 0.05) is 5.56 Å². The Balaban J connectivity index is 2.09. The van der Waals surface area contributed by atoms with Crippen LogP contribution >= 0.6 is 0 Å². The highest BCUT2D eigenvalue weighted by Crippen LogP contribution is 2.32. The first kappa shape index (κ1) is 19.8. The maximum absolute atomic E-state index is 11.8. The molecule has 26 heavy (non-hydrogen) atoms. The quantitative estimate of drug-likeness (QED) is 0.626. The summed E-state index contributed by atoms with van der Waals surface area (Å²) in [6, 6.07) is 15.5. The molecule has 0 bridgehead atoms. The third-order valence-electron chi connectivity index (χ3n) is 3.91. The highest BCUT2D eigenvalue weighted by atomic mass is 16.6. The molecule has 0 heterocycles. The molecule has 2 rings (SSSR count). The van der Waals surface area contributed by atoms with Gasteiger partial charge in [0.15, 0.2) is 6.10 Å². The van der Waals surface area contributed by atoms with Gasteiger partial charge in [0.05, 0.1) is 19.8 Å². The van der Waals surface area contributed by atoms with E-state index < -0.39 is 6.10 Å². The molecule has 0 radical (unpaired) electrons. The van der Waals surface area contributed by atoms with Crippen molar-refractivity contribution in [3.05, 3.63) is 59.7 Å². The van der Waals surface area contributed by atoms with Crippen molar-refractivity contribution < 1.29 is 23.7 Å². The summed E-state index contributed by atoms with van der Waals surface area (Å²) in [5.41, 5.74) is 1.90. The average Bonchev–Trinajstić information content (AvgIpc) is 2.67. The molecule has 5 heteroatoms. The molecule has 2 aromatic carbocycles. The van der Waals surface area contributed by atoms with Crippen LogP contribution in [0.2, 0.25) is 0 Å². The van der Waals surface area contributed by atoms with E-state index in [0.717, 1.165) is 11.1 Å². The lowest BCUT2D eigenvalue weighted by molar-refractivity contribution is -0.158. The van der Waals surface area contributed by atoms with Crippen molar-refractivity contribution >= 4 is 5.97 Å². The zero-order valence-electron chi connectivity index (χ0n) is 15.7. The van der Waals surface area contributed by atoms with Crippen LogP contribution in [-0.2, 0) is 20.9 Å². The minimum absolute atomic E-state index is 0.326. The Morgan fingerprint density at radius 2 is 1.81 bits per heavy atom. The van der Waals surface area contributed by atoms with Crippen LogP contribution in [0.5, 0.6) is 11.5 Å². The second-order valence-corrected chi connectivity index (χ2v) is 5.85. The van der Waals surface area contributed by atoms with Crippen LogP contribution in [0.1, 0.15) is 38.0 Å². The molecule has 0 fully saturated rings. The molecule has 2 aromatic rings. The third kappa shape index (κ3) is 5.49. The van der Waals surface area contributed by atoms with E-state index in [1.165, 1.54) is 0 Å². The number of rotatable bonds is 9. The molecule has 0 aliphatic carbocycles. The molecule has 0 saturated carbocycles. The first-order valence-electron chi connectivity index (χ1n) is 8.71. The molecule has 0 spiro atoms. The zero-order chi connectivity index (χ0) is 18.9. The number of hydrogen-bond donors (Lipinski definition) is 0. The molecule has 0 N–H and O–H groups in total. The Morgan fingerprint density at radius 3 is 2.46 bits per heavy atom. The standard InChI is InChI=1S/C21H26O5/c1-5-24-21(22)16(3)26-15(2)19-13-18(11-12-20(19)23-4)25-14-17-9-7-6-8-10-17/h6-13,15-16H,5,14H2,1-4H3/t15-,16-/m0/s1. The number of ether oxygens (including phenoxy) is 4. The fraction of sp³-hybridized carbons (Fsp3) is 0.381. The van der Waals surface area contributed by atoms with Gasteiger partial charge in [0.1, 0.15) is 18.1 Å². The highest BCUT2D eigenvalue weighted by Gasteiger charge is 2.21. The first-order chi connectivity index (χ1) is 12.5. The second-order valence-electron chi connectivity index (χ2n) is 5.85. The number of carbonyl (C=O) groups excluding carboxylic acids is 1. The predicted molar refractivity (Wildman–Crippen MR) is 99.4 cm³/mol. The van der Waals surface area contributed by atoms with Crippen LogP contribution in [0.4, 0.5) is 0 Å². The van der Waals surface area contributed by atoms with Gasteiger partial charge in [-0.25, -0.2) is 4.79 Å². The van der Waals surface area contributed by atoms with Crippen LogP contribution in [0, 0.1) is 0 Å². The minimum atomic E-state index is -0.663. The van der Waals surface area contributed by atoms with Gasteiger partial charge in [0.25, 0.3) is 0 Å². The smallest absolute Gasteiger partial charge is 0.334 e. The molecule has 0 aromatic heterocycles. The fourth-order valence-electron chi connectivity index (χ4n) is 2.56. The van der Waals surface area contributed by atoms with Gasteiger partial charge in [0.2, 0.25) is 0 Å². The van der Waals surface area contributed by atoms with Gasteiger partial charge in [-0.3, -0.25) is 0 Å². The van der Waals surface area contributed by atoms with Crippen molar-refractivity contribution in [2.45, 2.75) is 39.6 Å². The Labute approximate surface area is 154 Å². The van der Waals surface area contributed by atoms with Crippen molar-refractivity contribution in [2.24, 2.45) is 0 Å². The van der Waals surface area contributed by atoms with Gasteiger partial charge < -0.3 is 18.9 Å².